The quantitative estimate of drug-likeness (QED) is 0.377. The molecule has 0 unspecified atom stereocenters. The fourth-order valence-corrected chi connectivity index (χ4v) is 3.10. The molecule has 0 atom stereocenters. The highest BCUT2D eigenvalue weighted by molar-refractivity contribution is 9.09. The van der Waals surface area contributed by atoms with Crippen LogP contribution in [0.4, 0.5) is 13.6 Å². The molecule has 0 radical (unpaired) electrons. The number of rotatable bonds is 10. The zero-order chi connectivity index (χ0) is 18.0. The van der Waals surface area contributed by atoms with Crippen LogP contribution in [0, 0.1) is 0 Å². The van der Waals surface area contributed by atoms with Crippen LogP contribution < -0.4 is 0 Å². The van der Waals surface area contributed by atoms with Crippen LogP contribution in [0.1, 0.15) is 64.7 Å². The van der Waals surface area contributed by atoms with E-state index in [4.69, 9.17) is 4.74 Å². The zero-order valence-corrected chi connectivity index (χ0v) is 16.0. The third kappa shape index (κ3) is 7.90. The van der Waals surface area contributed by atoms with Gasteiger partial charge in [-0.05, 0) is 32.1 Å². The first-order chi connectivity index (χ1) is 11.4. The molecule has 0 saturated heterocycles. The molecule has 0 aromatic carbocycles. The Kier molecular flexibility index (Phi) is 9.78. The molecular weight excluding hydrogens is 384 g/mol. The van der Waals surface area contributed by atoms with Gasteiger partial charge in [0.15, 0.2) is 0 Å². The average Bonchev–Trinajstić information content (AvgIpc) is 2.55. The first-order valence-corrected chi connectivity index (χ1v) is 9.90. The van der Waals surface area contributed by atoms with Gasteiger partial charge < -0.3 is 9.64 Å². The molecule has 0 aromatic heterocycles. The summed E-state index contributed by atoms with van der Waals surface area (Å²) in [5.74, 6) is -2.49. The van der Waals surface area contributed by atoms with Crippen molar-refractivity contribution in [2.45, 2.75) is 76.7 Å². The first-order valence-electron chi connectivity index (χ1n) is 8.78. The van der Waals surface area contributed by atoms with Crippen molar-refractivity contribution in [3.05, 3.63) is 0 Å². The summed E-state index contributed by atoms with van der Waals surface area (Å²) in [6, 6.07) is -0.189. The highest BCUT2D eigenvalue weighted by atomic mass is 79.9. The number of amides is 1. The Bertz CT molecular complexity index is 397. The monoisotopic (exact) mass is 411 g/mol. The number of halogens is 3. The number of Topliss-reactive ketones (excluding diaryl/α,β-unsaturated/α-hetero) is 1. The molecule has 140 valence electrons. The first kappa shape index (κ1) is 21.3. The molecule has 1 rings (SSSR count). The lowest BCUT2D eigenvalue weighted by atomic mass is 9.91. The van der Waals surface area contributed by atoms with Crippen molar-refractivity contribution in [2.24, 2.45) is 0 Å². The number of nitrogens with zero attached hydrogens (tertiary/aromatic N) is 1. The van der Waals surface area contributed by atoms with Gasteiger partial charge in [-0.15, -0.1) is 0 Å². The van der Waals surface area contributed by atoms with Crippen LogP contribution in [0.5, 0.6) is 0 Å². The molecule has 24 heavy (non-hydrogen) atoms. The molecular formula is C17H28BrF2NO3. The SMILES string of the molecule is CCCCOC(=O)N(CCCCC(=O)CBr)C1CCC(F)(F)CC1. The second kappa shape index (κ2) is 11.0. The van der Waals surface area contributed by atoms with E-state index in [1.54, 1.807) is 4.90 Å². The Morgan fingerprint density at radius 3 is 2.46 bits per heavy atom. The lowest BCUT2D eigenvalue weighted by Gasteiger charge is -2.36. The number of hydrogen-bond acceptors (Lipinski definition) is 3. The smallest absolute Gasteiger partial charge is 0.410 e. The summed E-state index contributed by atoms with van der Waals surface area (Å²) in [7, 11) is 0. The Hall–Kier alpha value is -0.720. The summed E-state index contributed by atoms with van der Waals surface area (Å²) in [4.78, 5) is 25.2. The summed E-state index contributed by atoms with van der Waals surface area (Å²) in [5, 5.41) is 0.341. The average molecular weight is 412 g/mol. The molecule has 1 amide bonds. The van der Waals surface area contributed by atoms with Gasteiger partial charge in [-0.1, -0.05) is 29.3 Å². The van der Waals surface area contributed by atoms with E-state index in [1.807, 2.05) is 6.92 Å². The third-order valence-electron chi connectivity index (χ3n) is 4.34. The van der Waals surface area contributed by atoms with Gasteiger partial charge in [-0.25, -0.2) is 13.6 Å². The maximum atomic E-state index is 13.3. The lowest BCUT2D eigenvalue weighted by molar-refractivity contribution is -0.116. The van der Waals surface area contributed by atoms with Crippen LogP contribution in [0.15, 0.2) is 0 Å². The normalized spacial score (nSPS) is 17.5. The zero-order valence-electron chi connectivity index (χ0n) is 14.4. The second-order valence-electron chi connectivity index (χ2n) is 6.38. The molecule has 1 saturated carbocycles. The number of hydrogen-bond donors (Lipinski definition) is 0. The van der Waals surface area contributed by atoms with Crippen molar-refractivity contribution in [1.82, 2.24) is 4.90 Å². The summed E-state index contributed by atoms with van der Waals surface area (Å²) >= 11 is 3.12. The lowest BCUT2D eigenvalue weighted by Crippen LogP contribution is -2.45. The van der Waals surface area contributed by atoms with Crippen LogP contribution in [-0.4, -0.2) is 47.2 Å². The van der Waals surface area contributed by atoms with Crippen molar-refractivity contribution in [2.75, 3.05) is 18.5 Å². The molecule has 0 spiro atoms. The van der Waals surface area contributed by atoms with Crippen molar-refractivity contribution < 1.29 is 23.1 Å². The van der Waals surface area contributed by atoms with E-state index < -0.39 is 12.0 Å². The van der Waals surface area contributed by atoms with Gasteiger partial charge >= 0.3 is 6.09 Å². The molecule has 1 aliphatic carbocycles. The number of ketones is 1. The van der Waals surface area contributed by atoms with Crippen molar-refractivity contribution >= 4 is 27.8 Å². The number of ether oxygens (including phenoxy) is 1. The van der Waals surface area contributed by atoms with Crippen LogP contribution in [0.2, 0.25) is 0 Å². The topological polar surface area (TPSA) is 46.6 Å². The highest BCUT2D eigenvalue weighted by Gasteiger charge is 2.38. The van der Waals surface area contributed by atoms with E-state index in [1.165, 1.54) is 0 Å². The molecule has 7 heteroatoms. The summed E-state index contributed by atoms with van der Waals surface area (Å²) in [6.45, 7) is 2.82. The van der Waals surface area contributed by atoms with E-state index in [0.29, 0.717) is 50.6 Å². The Morgan fingerprint density at radius 2 is 1.88 bits per heavy atom. The molecule has 4 nitrogen and oxygen atoms in total. The predicted octanol–water partition coefficient (Wildman–Crippen LogP) is 4.94. The maximum absolute atomic E-state index is 13.3. The Labute approximate surface area is 151 Å². The minimum atomic E-state index is -2.61. The molecule has 0 N–H and O–H groups in total. The van der Waals surface area contributed by atoms with E-state index in [0.717, 1.165) is 12.8 Å². The van der Waals surface area contributed by atoms with Gasteiger partial charge in [0.25, 0.3) is 0 Å². The Balaban J connectivity index is 2.52. The van der Waals surface area contributed by atoms with Crippen LogP contribution in [0.25, 0.3) is 0 Å². The van der Waals surface area contributed by atoms with Crippen LogP contribution >= 0.6 is 15.9 Å². The van der Waals surface area contributed by atoms with Crippen molar-refractivity contribution in [3.8, 4) is 0 Å². The molecule has 0 heterocycles. The summed E-state index contributed by atoms with van der Waals surface area (Å²) in [5.41, 5.74) is 0. The van der Waals surface area contributed by atoms with Gasteiger partial charge in [-0.3, -0.25) is 4.79 Å². The van der Waals surface area contributed by atoms with Crippen LogP contribution in [-0.2, 0) is 9.53 Å². The molecule has 0 aliphatic heterocycles. The standard InChI is InChI=1S/C17H28BrF2NO3/c1-2-3-12-24-16(23)21(11-5-4-6-15(22)13-18)14-7-9-17(19,20)10-8-14/h14H,2-13H2,1H3. The highest BCUT2D eigenvalue weighted by Crippen LogP contribution is 2.35. The van der Waals surface area contributed by atoms with E-state index in [9.17, 15) is 18.4 Å². The van der Waals surface area contributed by atoms with Gasteiger partial charge in [-0.2, -0.15) is 0 Å². The van der Waals surface area contributed by atoms with Gasteiger partial charge in [0.05, 0.1) is 11.9 Å². The number of carbonyl (C=O) groups is 2. The second-order valence-corrected chi connectivity index (χ2v) is 6.94. The van der Waals surface area contributed by atoms with E-state index in [2.05, 4.69) is 15.9 Å². The minimum Gasteiger partial charge on any atom is -0.449 e. The Morgan fingerprint density at radius 1 is 1.21 bits per heavy atom. The molecule has 0 aromatic rings. The fourth-order valence-electron chi connectivity index (χ4n) is 2.82. The summed E-state index contributed by atoms with van der Waals surface area (Å²) in [6.07, 6.45) is 3.38. The fraction of sp³-hybridized carbons (Fsp3) is 0.882. The molecule has 0 bridgehead atoms. The van der Waals surface area contributed by atoms with E-state index in [-0.39, 0.29) is 24.7 Å². The van der Waals surface area contributed by atoms with Crippen molar-refractivity contribution in [1.29, 1.82) is 0 Å². The van der Waals surface area contributed by atoms with Crippen LogP contribution in [0.3, 0.4) is 0 Å². The number of unbranched alkanes of at least 4 members (excludes halogenated alkanes) is 2. The largest absolute Gasteiger partial charge is 0.449 e. The van der Waals surface area contributed by atoms with E-state index >= 15 is 0 Å². The van der Waals surface area contributed by atoms with Gasteiger partial charge in [0.2, 0.25) is 5.92 Å². The predicted molar refractivity (Wildman–Crippen MR) is 92.8 cm³/mol. The minimum absolute atomic E-state index is 0.129. The number of alkyl halides is 3. The number of carbonyl (C=O) groups excluding carboxylic acids is 2. The molecule has 1 fully saturated rings. The third-order valence-corrected chi connectivity index (χ3v) is 4.96. The summed E-state index contributed by atoms with van der Waals surface area (Å²) < 4.78 is 32.0. The molecule has 1 aliphatic rings. The maximum Gasteiger partial charge on any atom is 0.410 e. The van der Waals surface area contributed by atoms with Crippen molar-refractivity contribution in [3.63, 3.8) is 0 Å². The van der Waals surface area contributed by atoms with Gasteiger partial charge in [0.1, 0.15) is 5.78 Å². The van der Waals surface area contributed by atoms with Gasteiger partial charge in [0, 0.05) is 31.8 Å².